The minimum atomic E-state index is -0.360. The number of carbonyl (C=O) groups excluding carboxylic acids is 2. The molecule has 1 aromatic heterocycles. The number of nitrogens with zero attached hydrogens (tertiary/aromatic N) is 1. The molecule has 5 nitrogen and oxygen atoms in total. The second-order valence-electron chi connectivity index (χ2n) is 5.64. The van der Waals surface area contributed by atoms with Crippen molar-refractivity contribution >= 4 is 34.4 Å². The zero-order valence-electron chi connectivity index (χ0n) is 12.8. The first-order valence-corrected chi connectivity index (χ1v) is 8.71. The van der Waals surface area contributed by atoms with Crippen LogP contribution < -0.4 is 5.32 Å². The van der Waals surface area contributed by atoms with E-state index in [0.29, 0.717) is 40.8 Å². The van der Waals surface area contributed by atoms with Crippen molar-refractivity contribution in [1.29, 1.82) is 0 Å². The molecule has 0 unspecified atom stereocenters. The van der Waals surface area contributed by atoms with Crippen LogP contribution in [-0.4, -0.2) is 35.8 Å². The van der Waals surface area contributed by atoms with E-state index in [2.05, 4.69) is 5.32 Å². The number of carbonyl (C=O) groups is 2. The third-order valence-corrected chi connectivity index (χ3v) is 4.92. The summed E-state index contributed by atoms with van der Waals surface area (Å²) in [4.78, 5) is 26.2. The van der Waals surface area contributed by atoms with Gasteiger partial charge in [-0.3, -0.25) is 9.59 Å². The van der Waals surface area contributed by atoms with Gasteiger partial charge in [0.05, 0.1) is 11.8 Å². The van der Waals surface area contributed by atoms with Crippen molar-refractivity contribution in [2.24, 2.45) is 0 Å². The zero-order valence-corrected chi connectivity index (χ0v) is 15.0. The van der Waals surface area contributed by atoms with Gasteiger partial charge in [0.1, 0.15) is 5.82 Å². The maximum Gasteiger partial charge on any atom is 0.289 e. The molecular formula is C17H16FIN2O3. The molecule has 24 heavy (non-hydrogen) atoms. The van der Waals surface area contributed by atoms with Crippen LogP contribution in [0.4, 0.5) is 4.39 Å². The van der Waals surface area contributed by atoms with Gasteiger partial charge in [0.15, 0.2) is 5.76 Å². The predicted molar refractivity (Wildman–Crippen MR) is 94.2 cm³/mol. The quantitative estimate of drug-likeness (QED) is 0.744. The summed E-state index contributed by atoms with van der Waals surface area (Å²) in [6.07, 6.45) is 2.83. The van der Waals surface area contributed by atoms with Gasteiger partial charge in [-0.25, -0.2) is 4.39 Å². The van der Waals surface area contributed by atoms with E-state index >= 15 is 0 Å². The Morgan fingerprint density at radius 2 is 2.00 bits per heavy atom. The molecule has 0 saturated carbocycles. The first kappa shape index (κ1) is 16.9. The summed E-state index contributed by atoms with van der Waals surface area (Å²) < 4.78 is 18.8. The predicted octanol–water partition coefficient (Wildman–Crippen LogP) is 3.06. The van der Waals surface area contributed by atoms with Gasteiger partial charge in [-0.1, -0.05) is 0 Å². The van der Waals surface area contributed by atoms with Gasteiger partial charge in [0.25, 0.3) is 11.8 Å². The average molecular weight is 442 g/mol. The number of halogens is 2. The summed E-state index contributed by atoms with van der Waals surface area (Å²) in [5.74, 6) is -0.368. The maximum absolute atomic E-state index is 13.1. The third-order valence-electron chi connectivity index (χ3n) is 4.03. The molecule has 1 saturated heterocycles. The third kappa shape index (κ3) is 3.77. The summed E-state index contributed by atoms with van der Waals surface area (Å²) in [5.41, 5.74) is 0.464. The van der Waals surface area contributed by atoms with Crippen molar-refractivity contribution in [3.63, 3.8) is 0 Å². The van der Waals surface area contributed by atoms with Gasteiger partial charge in [0.2, 0.25) is 0 Å². The topological polar surface area (TPSA) is 62.6 Å². The highest BCUT2D eigenvalue weighted by molar-refractivity contribution is 14.1. The molecule has 3 rings (SSSR count). The molecule has 1 N–H and O–H groups in total. The molecule has 1 fully saturated rings. The Bertz CT molecular complexity index is 740. The van der Waals surface area contributed by atoms with Crippen LogP contribution in [0.3, 0.4) is 0 Å². The van der Waals surface area contributed by atoms with Crippen LogP contribution in [0.15, 0.2) is 41.0 Å². The van der Waals surface area contributed by atoms with E-state index in [1.165, 1.54) is 24.5 Å². The number of furan rings is 1. The van der Waals surface area contributed by atoms with Gasteiger partial charge in [-0.15, -0.1) is 0 Å². The average Bonchev–Trinajstić information content (AvgIpc) is 3.09. The lowest BCUT2D eigenvalue weighted by atomic mass is 10.0. The lowest BCUT2D eigenvalue weighted by Gasteiger charge is -2.32. The molecule has 0 spiro atoms. The normalized spacial score (nSPS) is 15.3. The van der Waals surface area contributed by atoms with Gasteiger partial charge >= 0.3 is 0 Å². The lowest BCUT2D eigenvalue weighted by molar-refractivity contribution is 0.0667. The summed E-state index contributed by atoms with van der Waals surface area (Å²) in [5, 5.41) is 2.96. The number of hydrogen-bond acceptors (Lipinski definition) is 3. The van der Waals surface area contributed by atoms with Crippen LogP contribution in [0.2, 0.25) is 0 Å². The molecule has 0 atom stereocenters. The van der Waals surface area contributed by atoms with Crippen molar-refractivity contribution in [2.75, 3.05) is 13.1 Å². The first-order valence-electron chi connectivity index (χ1n) is 7.63. The highest BCUT2D eigenvalue weighted by Crippen LogP contribution is 2.17. The van der Waals surface area contributed by atoms with Gasteiger partial charge in [-0.2, -0.15) is 0 Å². The number of likely N-dealkylation sites (tertiary alicyclic amines) is 1. The fraction of sp³-hybridized carbons (Fsp3) is 0.294. The summed E-state index contributed by atoms with van der Waals surface area (Å²) in [7, 11) is 0. The largest absolute Gasteiger partial charge is 0.459 e. The molecule has 126 valence electrons. The molecule has 2 heterocycles. The molecular weight excluding hydrogens is 426 g/mol. The van der Waals surface area contributed by atoms with Crippen LogP contribution in [0.1, 0.15) is 33.8 Å². The van der Waals surface area contributed by atoms with Crippen molar-refractivity contribution in [2.45, 2.75) is 18.9 Å². The number of benzene rings is 1. The Morgan fingerprint density at radius 1 is 1.25 bits per heavy atom. The second-order valence-corrected chi connectivity index (χ2v) is 6.80. The molecule has 0 bridgehead atoms. The number of rotatable bonds is 3. The lowest BCUT2D eigenvalue weighted by Crippen LogP contribution is -2.46. The Labute approximate surface area is 152 Å². The van der Waals surface area contributed by atoms with Crippen molar-refractivity contribution in [3.8, 4) is 0 Å². The molecule has 7 heteroatoms. The zero-order chi connectivity index (χ0) is 17.1. The minimum Gasteiger partial charge on any atom is -0.459 e. The monoisotopic (exact) mass is 442 g/mol. The van der Waals surface area contributed by atoms with Crippen LogP contribution in [0.5, 0.6) is 0 Å². The summed E-state index contributed by atoms with van der Waals surface area (Å²) >= 11 is 1.95. The summed E-state index contributed by atoms with van der Waals surface area (Å²) in [6.45, 7) is 1.12. The number of piperidine rings is 1. The molecule has 0 radical (unpaired) electrons. The Morgan fingerprint density at radius 3 is 2.62 bits per heavy atom. The van der Waals surface area contributed by atoms with Crippen LogP contribution in [0, 0.1) is 9.39 Å². The minimum absolute atomic E-state index is 0.000922. The molecule has 2 aromatic rings. The second kappa shape index (κ2) is 7.33. The van der Waals surface area contributed by atoms with Crippen molar-refractivity contribution < 1.29 is 18.4 Å². The molecule has 1 aromatic carbocycles. The van der Waals surface area contributed by atoms with Crippen molar-refractivity contribution in [3.05, 3.63) is 57.3 Å². The number of hydrogen-bond donors (Lipinski definition) is 1. The van der Waals surface area contributed by atoms with Crippen LogP contribution in [-0.2, 0) is 0 Å². The Kier molecular flexibility index (Phi) is 5.17. The van der Waals surface area contributed by atoms with E-state index in [0.717, 1.165) is 0 Å². The standard InChI is InChI=1S/C17H16FIN2O3/c18-11-3-4-13(14(19)10-11)16(22)20-12-5-7-21(8-6-12)17(23)15-2-1-9-24-15/h1-4,9-10,12H,5-8H2,(H,20,22). The van der Waals surface area contributed by atoms with E-state index in [1.54, 1.807) is 17.0 Å². The highest BCUT2D eigenvalue weighted by Gasteiger charge is 2.26. The van der Waals surface area contributed by atoms with Crippen LogP contribution >= 0.6 is 22.6 Å². The van der Waals surface area contributed by atoms with Gasteiger partial charge in [-0.05, 0) is 65.8 Å². The van der Waals surface area contributed by atoms with Gasteiger partial charge in [0, 0.05) is 22.7 Å². The van der Waals surface area contributed by atoms with Crippen LogP contribution in [0.25, 0.3) is 0 Å². The highest BCUT2D eigenvalue weighted by atomic mass is 127. The number of amides is 2. The fourth-order valence-corrected chi connectivity index (χ4v) is 3.44. The SMILES string of the molecule is O=C(NC1CCN(C(=O)c2ccco2)CC1)c1ccc(F)cc1I. The fourth-order valence-electron chi connectivity index (χ4n) is 2.72. The van der Waals surface area contributed by atoms with E-state index in [-0.39, 0.29) is 23.7 Å². The van der Waals surface area contributed by atoms with E-state index < -0.39 is 0 Å². The van der Waals surface area contributed by atoms with E-state index in [4.69, 9.17) is 4.42 Å². The molecule has 1 aliphatic rings. The Balaban J connectivity index is 1.55. The first-order chi connectivity index (χ1) is 11.5. The maximum atomic E-state index is 13.1. The number of nitrogens with one attached hydrogen (secondary N) is 1. The van der Waals surface area contributed by atoms with E-state index in [1.807, 2.05) is 22.6 Å². The van der Waals surface area contributed by atoms with Gasteiger partial charge < -0.3 is 14.6 Å². The Hall–Kier alpha value is -1.90. The molecule has 1 aliphatic heterocycles. The summed E-state index contributed by atoms with van der Waals surface area (Å²) in [6, 6.07) is 7.43. The smallest absolute Gasteiger partial charge is 0.289 e. The molecule has 2 amide bonds. The molecule has 0 aliphatic carbocycles. The van der Waals surface area contributed by atoms with E-state index in [9.17, 15) is 14.0 Å². The van der Waals surface area contributed by atoms with Crippen molar-refractivity contribution in [1.82, 2.24) is 10.2 Å².